The molecule has 94 valence electrons. The lowest BCUT2D eigenvalue weighted by Crippen LogP contribution is -2.25. The van der Waals surface area contributed by atoms with Crippen LogP contribution >= 0.6 is 31.9 Å². The third kappa shape index (κ3) is 4.80. The number of benzene rings is 1. The summed E-state index contributed by atoms with van der Waals surface area (Å²) in [5.41, 5.74) is 1.73. The molecule has 17 heavy (non-hydrogen) atoms. The number of halogens is 2. The Morgan fingerprint density at radius 3 is 2.82 bits per heavy atom. The minimum absolute atomic E-state index is 0.00558. The molecular weight excluding hydrogens is 346 g/mol. The molecule has 0 aliphatic rings. The molecule has 0 heterocycles. The van der Waals surface area contributed by atoms with Crippen LogP contribution in [0.5, 0.6) is 0 Å². The Hall–Kier alpha value is -0.350. The Kier molecular flexibility index (Phi) is 6.20. The third-order valence-electron chi connectivity index (χ3n) is 2.58. The molecule has 1 aromatic carbocycles. The number of carbonyl (C=O) groups excluding carboxylic acids is 1. The Labute approximate surface area is 119 Å². The van der Waals surface area contributed by atoms with Gasteiger partial charge in [-0.3, -0.25) is 4.79 Å². The molecule has 0 fully saturated rings. The molecule has 0 saturated carbocycles. The lowest BCUT2D eigenvalue weighted by atomic mass is 10.1. The van der Waals surface area contributed by atoms with E-state index in [0.717, 1.165) is 35.0 Å². The highest BCUT2D eigenvalue weighted by Crippen LogP contribution is 2.19. The molecule has 4 heteroatoms. The predicted molar refractivity (Wildman–Crippen MR) is 78.8 cm³/mol. The van der Waals surface area contributed by atoms with Gasteiger partial charge in [0.05, 0.1) is 0 Å². The zero-order chi connectivity index (χ0) is 12.8. The molecule has 1 amide bonds. The van der Waals surface area contributed by atoms with Crippen molar-refractivity contribution in [2.24, 2.45) is 0 Å². The second-order valence-electron chi connectivity index (χ2n) is 4.09. The van der Waals surface area contributed by atoms with E-state index < -0.39 is 0 Å². The SMILES string of the molecule is Cc1c(Br)cccc1C(=O)NCCCC(C)Br. The fourth-order valence-corrected chi connectivity index (χ4v) is 2.22. The summed E-state index contributed by atoms with van der Waals surface area (Å²) in [7, 11) is 0. The molecule has 0 aromatic heterocycles. The van der Waals surface area contributed by atoms with E-state index in [-0.39, 0.29) is 5.91 Å². The van der Waals surface area contributed by atoms with Gasteiger partial charge in [0.2, 0.25) is 0 Å². The zero-order valence-corrected chi connectivity index (χ0v) is 13.3. The summed E-state index contributed by atoms with van der Waals surface area (Å²) in [4.78, 5) is 12.4. The van der Waals surface area contributed by atoms with Crippen molar-refractivity contribution in [3.05, 3.63) is 33.8 Å². The Morgan fingerprint density at radius 2 is 2.18 bits per heavy atom. The minimum atomic E-state index is 0.00558. The van der Waals surface area contributed by atoms with E-state index in [1.165, 1.54) is 0 Å². The molecule has 0 radical (unpaired) electrons. The minimum Gasteiger partial charge on any atom is -0.352 e. The average molecular weight is 363 g/mol. The first-order valence-electron chi connectivity index (χ1n) is 5.69. The summed E-state index contributed by atoms with van der Waals surface area (Å²) in [6, 6.07) is 5.67. The van der Waals surface area contributed by atoms with E-state index >= 15 is 0 Å². The van der Waals surface area contributed by atoms with E-state index in [4.69, 9.17) is 0 Å². The summed E-state index contributed by atoms with van der Waals surface area (Å²) in [6.45, 7) is 4.78. The number of amides is 1. The van der Waals surface area contributed by atoms with Crippen LogP contribution in [0.1, 0.15) is 35.7 Å². The zero-order valence-electron chi connectivity index (χ0n) is 10.1. The molecule has 0 saturated heterocycles. The topological polar surface area (TPSA) is 29.1 Å². The maximum absolute atomic E-state index is 11.9. The Balaban J connectivity index is 2.50. The van der Waals surface area contributed by atoms with Gasteiger partial charge in [-0.2, -0.15) is 0 Å². The van der Waals surface area contributed by atoms with Crippen LogP contribution in [0.25, 0.3) is 0 Å². The Bertz CT molecular complexity index is 391. The van der Waals surface area contributed by atoms with Crippen LogP contribution in [0.3, 0.4) is 0 Å². The quantitative estimate of drug-likeness (QED) is 0.621. The molecular formula is C13H17Br2NO. The first-order valence-corrected chi connectivity index (χ1v) is 7.40. The highest BCUT2D eigenvalue weighted by Gasteiger charge is 2.09. The van der Waals surface area contributed by atoms with Gasteiger partial charge < -0.3 is 5.32 Å². The standard InChI is InChI=1S/C13H17Br2NO/c1-9(14)5-4-8-16-13(17)11-6-3-7-12(15)10(11)2/h3,6-7,9H,4-5,8H2,1-2H3,(H,16,17). The van der Waals surface area contributed by atoms with E-state index in [1.54, 1.807) is 0 Å². The first-order chi connectivity index (χ1) is 8.02. The number of hydrogen-bond donors (Lipinski definition) is 1. The van der Waals surface area contributed by atoms with Gasteiger partial charge >= 0.3 is 0 Å². The summed E-state index contributed by atoms with van der Waals surface area (Å²) in [6.07, 6.45) is 2.06. The smallest absolute Gasteiger partial charge is 0.251 e. The van der Waals surface area contributed by atoms with Crippen molar-refractivity contribution in [3.63, 3.8) is 0 Å². The Morgan fingerprint density at radius 1 is 1.47 bits per heavy atom. The summed E-state index contributed by atoms with van der Waals surface area (Å²) in [5, 5.41) is 2.94. The number of alkyl halides is 1. The molecule has 1 atom stereocenters. The van der Waals surface area contributed by atoms with Crippen molar-refractivity contribution < 1.29 is 4.79 Å². The van der Waals surface area contributed by atoms with Gasteiger partial charge in [-0.1, -0.05) is 44.8 Å². The van der Waals surface area contributed by atoms with Crippen molar-refractivity contribution in [2.75, 3.05) is 6.54 Å². The van der Waals surface area contributed by atoms with Crippen LogP contribution in [0.15, 0.2) is 22.7 Å². The number of hydrogen-bond acceptors (Lipinski definition) is 1. The average Bonchev–Trinajstić information content (AvgIpc) is 2.27. The van der Waals surface area contributed by atoms with Crippen LogP contribution in [0.2, 0.25) is 0 Å². The van der Waals surface area contributed by atoms with Gasteiger partial charge in [0.1, 0.15) is 0 Å². The molecule has 0 aliphatic heterocycles. The first kappa shape index (κ1) is 14.7. The maximum atomic E-state index is 11.9. The molecule has 0 aliphatic carbocycles. The normalized spacial score (nSPS) is 12.2. The fourth-order valence-electron chi connectivity index (χ4n) is 1.53. The van der Waals surface area contributed by atoms with Gasteiger partial charge in [-0.05, 0) is 37.5 Å². The van der Waals surface area contributed by atoms with Crippen LogP contribution in [0.4, 0.5) is 0 Å². The maximum Gasteiger partial charge on any atom is 0.251 e. The van der Waals surface area contributed by atoms with Crippen LogP contribution in [-0.2, 0) is 0 Å². The molecule has 1 aromatic rings. The monoisotopic (exact) mass is 361 g/mol. The molecule has 1 unspecified atom stereocenters. The molecule has 0 bridgehead atoms. The largest absolute Gasteiger partial charge is 0.352 e. The second kappa shape index (κ2) is 7.17. The van der Waals surface area contributed by atoms with E-state index in [0.29, 0.717) is 4.83 Å². The van der Waals surface area contributed by atoms with Gasteiger partial charge in [0.25, 0.3) is 5.91 Å². The number of rotatable bonds is 5. The lowest BCUT2D eigenvalue weighted by molar-refractivity contribution is 0.0952. The van der Waals surface area contributed by atoms with Crippen LogP contribution < -0.4 is 5.32 Å². The number of nitrogens with one attached hydrogen (secondary N) is 1. The van der Waals surface area contributed by atoms with Crippen molar-refractivity contribution >= 4 is 37.8 Å². The summed E-state index contributed by atoms with van der Waals surface area (Å²) < 4.78 is 0.972. The van der Waals surface area contributed by atoms with Crippen molar-refractivity contribution in [3.8, 4) is 0 Å². The highest BCUT2D eigenvalue weighted by atomic mass is 79.9. The van der Waals surface area contributed by atoms with Gasteiger partial charge in [0.15, 0.2) is 0 Å². The fraction of sp³-hybridized carbons (Fsp3) is 0.462. The number of carbonyl (C=O) groups is 1. The molecule has 1 rings (SSSR count). The van der Waals surface area contributed by atoms with Gasteiger partial charge in [-0.15, -0.1) is 0 Å². The van der Waals surface area contributed by atoms with Crippen molar-refractivity contribution in [1.82, 2.24) is 5.32 Å². The van der Waals surface area contributed by atoms with Gasteiger partial charge in [-0.25, -0.2) is 0 Å². The third-order valence-corrected chi connectivity index (χ3v) is 3.89. The second-order valence-corrected chi connectivity index (χ2v) is 6.51. The molecule has 2 nitrogen and oxygen atoms in total. The van der Waals surface area contributed by atoms with E-state index in [2.05, 4.69) is 44.1 Å². The molecule has 1 N–H and O–H groups in total. The lowest BCUT2D eigenvalue weighted by Gasteiger charge is -2.09. The summed E-state index contributed by atoms with van der Waals surface area (Å²) in [5.74, 6) is 0.00558. The van der Waals surface area contributed by atoms with Crippen LogP contribution in [0, 0.1) is 6.92 Å². The van der Waals surface area contributed by atoms with Crippen LogP contribution in [-0.4, -0.2) is 17.3 Å². The van der Waals surface area contributed by atoms with Crippen molar-refractivity contribution in [1.29, 1.82) is 0 Å². The predicted octanol–water partition coefficient (Wildman–Crippen LogP) is 4.05. The molecule has 0 spiro atoms. The van der Waals surface area contributed by atoms with Gasteiger partial charge in [0, 0.05) is 21.4 Å². The highest BCUT2D eigenvalue weighted by molar-refractivity contribution is 9.10. The van der Waals surface area contributed by atoms with Crippen molar-refractivity contribution in [2.45, 2.75) is 31.5 Å². The summed E-state index contributed by atoms with van der Waals surface area (Å²) >= 11 is 6.92. The van der Waals surface area contributed by atoms with E-state index in [1.807, 2.05) is 25.1 Å². The van der Waals surface area contributed by atoms with E-state index in [9.17, 15) is 4.79 Å².